The first-order valence-corrected chi connectivity index (χ1v) is 13.3. The highest BCUT2D eigenvalue weighted by molar-refractivity contribution is 5.85. The number of benzene rings is 2. The molecule has 9 heteroatoms. The van der Waals surface area contributed by atoms with E-state index in [1.807, 2.05) is 35.9 Å². The molecule has 0 amide bonds. The molecule has 1 N–H and O–H groups in total. The summed E-state index contributed by atoms with van der Waals surface area (Å²) in [5.41, 5.74) is 4.86. The van der Waals surface area contributed by atoms with Crippen LogP contribution in [0.4, 0.5) is 0 Å². The van der Waals surface area contributed by atoms with Gasteiger partial charge >= 0.3 is 0 Å². The zero-order valence-electron chi connectivity index (χ0n) is 22.6. The van der Waals surface area contributed by atoms with Crippen molar-refractivity contribution in [2.24, 2.45) is 0 Å². The molecule has 2 aromatic heterocycles. The van der Waals surface area contributed by atoms with Gasteiger partial charge in [0.05, 0.1) is 31.3 Å². The molecule has 4 aromatic rings. The van der Waals surface area contributed by atoms with Gasteiger partial charge in [-0.15, -0.1) is 5.10 Å². The molecule has 0 spiro atoms. The summed E-state index contributed by atoms with van der Waals surface area (Å²) in [6.07, 6.45) is 2.98. The fourth-order valence-corrected chi connectivity index (χ4v) is 5.36. The summed E-state index contributed by atoms with van der Waals surface area (Å²) in [5, 5.41) is 13.9. The Morgan fingerprint density at radius 1 is 1.16 bits per heavy atom. The van der Waals surface area contributed by atoms with Crippen molar-refractivity contribution in [1.82, 2.24) is 30.1 Å². The lowest BCUT2D eigenvalue weighted by Crippen LogP contribution is -2.33. The van der Waals surface area contributed by atoms with Crippen molar-refractivity contribution in [1.29, 1.82) is 0 Å². The van der Waals surface area contributed by atoms with Gasteiger partial charge in [-0.05, 0) is 78.4 Å². The number of nitrogens with one attached hydrogen (secondary N) is 1. The molecule has 0 saturated carbocycles. The van der Waals surface area contributed by atoms with Crippen LogP contribution in [0.5, 0.6) is 5.75 Å². The summed E-state index contributed by atoms with van der Waals surface area (Å²) >= 11 is 0. The number of hydrogen-bond donors (Lipinski definition) is 1. The molecule has 9 nitrogen and oxygen atoms in total. The van der Waals surface area contributed by atoms with E-state index in [1.165, 1.54) is 0 Å². The Bertz CT molecular complexity index is 1440. The molecule has 1 aliphatic heterocycles. The van der Waals surface area contributed by atoms with Crippen molar-refractivity contribution in [2.75, 3.05) is 13.7 Å². The molecule has 0 aliphatic carbocycles. The topological polar surface area (TPSA) is 98.2 Å². The van der Waals surface area contributed by atoms with Gasteiger partial charge < -0.3 is 14.5 Å². The lowest BCUT2D eigenvalue weighted by molar-refractivity contribution is 0.0888. The van der Waals surface area contributed by atoms with Gasteiger partial charge in [0.25, 0.3) is 5.56 Å². The van der Waals surface area contributed by atoms with Gasteiger partial charge in [0.15, 0.2) is 5.82 Å². The zero-order chi connectivity index (χ0) is 26.6. The molecular formula is C29H36N6O3. The number of methoxy groups -OCH3 is 1. The summed E-state index contributed by atoms with van der Waals surface area (Å²) < 4.78 is 13.1. The summed E-state index contributed by atoms with van der Waals surface area (Å²) in [5.74, 6) is 1.60. The Hall–Kier alpha value is -3.56. The van der Waals surface area contributed by atoms with Crippen molar-refractivity contribution >= 4 is 10.9 Å². The average Bonchev–Trinajstić information content (AvgIpc) is 3.61. The van der Waals surface area contributed by atoms with Crippen LogP contribution in [0, 0.1) is 13.8 Å². The molecule has 1 aliphatic rings. The van der Waals surface area contributed by atoms with Crippen molar-refractivity contribution in [3.8, 4) is 5.75 Å². The first-order valence-electron chi connectivity index (χ1n) is 13.3. The van der Waals surface area contributed by atoms with Crippen LogP contribution < -0.4 is 10.3 Å². The van der Waals surface area contributed by atoms with Gasteiger partial charge in [0.2, 0.25) is 0 Å². The molecule has 38 heavy (non-hydrogen) atoms. The molecule has 200 valence electrons. The second kappa shape index (κ2) is 11.4. The molecule has 2 aromatic carbocycles. The largest absolute Gasteiger partial charge is 0.497 e. The molecule has 0 bridgehead atoms. The molecule has 5 rings (SSSR count). The Balaban J connectivity index is 1.52. The summed E-state index contributed by atoms with van der Waals surface area (Å²) in [6, 6.07) is 14.1. The van der Waals surface area contributed by atoms with Crippen molar-refractivity contribution in [2.45, 2.75) is 71.8 Å². The minimum atomic E-state index is -0.0952. The van der Waals surface area contributed by atoms with E-state index in [9.17, 15) is 4.79 Å². The number of fused-ring (bicyclic) bond motifs is 1. The van der Waals surface area contributed by atoms with E-state index in [-0.39, 0.29) is 17.7 Å². The van der Waals surface area contributed by atoms with Crippen LogP contribution in [0.25, 0.3) is 10.9 Å². The first kappa shape index (κ1) is 26.1. The van der Waals surface area contributed by atoms with Crippen LogP contribution in [0.3, 0.4) is 0 Å². The normalized spacial score (nSPS) is 16.4. The highest BCUT2D eigenvalue weighted by Crippen LogP contribution is 2.28. The number of aromatic nitrogens is 5. The first-order chi connectivity index (χ1) is 18.5. The number of nitrogens with zero attached hydrogens (tertiary/aromatic N) is 5. The number of pyridine rings is 1. The molecule has 0 unspecified atom stereocenters. The van der Waals surface area contributed by atoms with E-state index in [1.54, 1.807) is 7.11 Å². The van der Waals surface area contributed by atoms with Gasteiger partial charge in [-0.25, -0.2) is 4.68 Å². The molecule has 1 saturated heterocycles. The summed E-state index contributed by atoms with van der Waals surface area (Å²) in [7, 11) is 1.66. The highest BCUT2D eigenvalue weighted by Gasteiger charge is 2.28. The molecule has 0 radical (unpaired) electrons. The van der Waals surface area contributed by atoms with Crippen LogP contribution in [0.2, 0.25) is 0 Å². The molecular weight excluding hydrogens is 480 g/mol. The number of rotatable bonds is 10. The SMILES string of the molecule is CC[C@@H](c1nnnn1C[C@H]1CCCO1)N(Cc1ccc(OC)cc1)Cc1cc2c(C)ccc(C)c2[nH]c1=O. The second-order valence-corrected chi connectivity index (χ2v) is 10.1. The fraction of sp³-hybridized carbons (Fsp3) is 0.448. The van der Waals surface area contributed by atoms with Gasteiger partial charge in [-0.3, -0.25) is 9.69 Å². The van der Waals surface area contributed by atoms with E-state index in [0.717, 1.165) is 70.6 Å². The predicted octanol–water partition coefficient (Wildman–Crippen LogP) is 4.47. The molecule has 1 fully saturated rings. The zero-order valence-corrected chi connectivity index (χ0v) is 22.6. The number of tetrazole rings is 1. The maximum atomic E-state index is 13.3. The number of aromatic amines is 1. The van der Waals surface area contributed by atoms with Gasteiger partial charge in [-0.1, -0.05) is 31.2 Å². The minimum Gasteiger partial charge on any atom is -0.497 e. The fourth-order valence-electron chi connectivity index (χ4n) is 5.36. The van der Waals surface area contributed by atoms with Crippen LogP contribution in [0.15, 0.2) is 47.3 Å². The van der Waals surface area contributed by atoms with E-state index in [4.69, 9.17) is 9.47 Å². The molecule has 3 heterocycles. The maximum Gasteiger partial charge on any atom is 0.252 e. The van der Waals surface area contributed by atoms with Crippen LogP contribution in [-0.4, -0.2) is 49.9 Å². The monoisotopic (exact) mass is 516 g/mol. The highest BCUT2D eigenvalue weighted by atomic mass is 16.5. The minimum absolute atomic E-state index is 0.0697. The third-order valence-corrected chi connectivity index (χ3v) is 7.52. The Morgan fingerprint density at radius 3 is 2.66 bits per heavy atom. The van der Waals surface area contributed by atoms with Crippen molar-refractivity contribution < 1.29 is 9.47 Å². The van der Waals surface area contributed by atoms with E-state index in [0.29, 0.717) is 19.6 Å². The smallest absolute Gasteiger partial charge is 0.252 e. The van der Waals surface area contributed by atoms with Gasteiger partial charge in [-0.2, -0.15) is 0 Å². The van der Waals surface area contributed by atoms with E-state index in [2.05, 4.69) is 57.5 Å². The van der Waals surface area contributed by atoms with E-state index >= 15 is 0 Å². The van der Waals surface area contributed by atoms with Crippen LogP contribution in [-0.2, 0) is 24.4 Å². The van der Waals surface area contributed by atoms with Gasteiger partial charge in [0.1, 0.15) is 5.75 Å². The Labute approximate surface area is 222 Å². The number of H-pyrrole nitrogens is 1. The standard InChI is InChI=1S/C29H36N6O3/c1-5-26(28-31-32-33-35(28)18-24-7-6-14-38-24)34(16-21-10-12-23(37-4)13-11-21)17-22-15-25-19(2)8-9-20(3)27(25)30-29(22)36/h8-13,15,24,26H,5-7,14,16-18H2,1-4H3,(H,30,36)/t24-,26+/m1/s1. The summed E-state index contributed by atoms with van der Waals surface area (Å²) in [6.45, 7) is 8.72. The Morgan fingerprint density at radius 2 is 1.95 bits per heavy atom. The van der Waals surface area contributed by atoms with Crippen LogP contribution in [0.1, 0.15) is 60.3 Å². The predicted molar refractivity (Wildman–Crippen MR) is 146 cm³/mol. The number of ether oxygens (including phenoxy) is 2. The quantitative estimate of drug-likeness (QED) is 0.332. The third kappa shape index (κ3) is 5.49. The second-order valence-electron chi connectivity index (χ2n) is 10.1. The maximum absolute atomic E-state index is 13.3. The molecule has 2 atom stereocenters. The van der Waals surface area contributed by atoms with E-state index < -0.39 is 0 Å². The number of aryl methyl sites for hydroxylation is 2. The van der Waals surface area contributed by atoms with Crippen molar-refractivity contribution in [3.63, 3.8) is 0 Å². The average molecular weight is 517 g/mol. The van der Waals surface area contributed by atoms with Gasteiger partial charge in [0, 0.05) is 30.6 Å². The van der Waals surface area contributed by atoms with Crippen LogP contribution >= 0.6 is 0 Å². The number of hydrogen-bond acceptors (Lipinski definition) is 7. The summed E-state index contributed by atoms with van der Waals surface area (Å²) in [4.78, 5) is 18.7. The van der Waals surface area contributed by atoms with Crippen molar-refractivity contribution in [3.05, 3.63) is 80.9 Å². The lowest BCUT2D eigenvalue weighted by Gasteiger charge is -2.30. The lowest BCUT2D eigenvalue weighted by atomic mass is 10.0. The Kier molecular flexibility index (Phi) is 7.85. The third-order valence-electron chi connectivity index (χ3n) is 7.52.